The van der Waals surface area contributed by atoms with Gasteiger partial charge in [0.25, 0.3) is 0 Å². The fourth-order valence-electron chi connectivity index (χ4n) is 1.65. The summed E-state index contributed by atoms with van der Waals surface area (Å²) in [6.07, 6.45) is 3.87. The van der Waals surface area contributed by atoms with Gasteiger partial charge in [0.15, 0.2) is 0 Å². The Labute approximate surface area is 75.9 Å². The summed E-state index contributed by atoms with van der Waals surface area (Å²) in [5.74, 6) is 0.764. The zero-order valence-corrected chi connectivity index (χ0v) is 7.64. The van der Waals surface area contributed by atoms with E-state index >= 15 is 0 Å². The van der Waals surface area contributed by atoms with Crippen LogP contribution in [0, 0.1) is 5.92 Å². The van der Waals surface area contributed by atoms with Gasteiger partial charge in [-0.1, -0.05) is 6.42 Å². The monoisotopic (exact) mass is 187 g/mol. The van der Waals surface area contributed by atoms with E-state index in [2.05, 4.69) is 5.32 Å². The molecule has 0 aromatic rings. The van der Waals surface area contributed by atoms with Crippen molar-refractivity contribution in [3.63, 3.8) is 0 Å². The molecular formula is C8H13NO2S. The molecule has 1 aliphatic heterocycles. The summed E-state index contributed by atoms with van der Waals surface area (Å²) < 4.78 is 0. The van der Waals surface area contributed by atoms with Gasteiger partial charge < -0.3 is 5.11 Å². The Morgan fingerprint density at radius 2 is 2.25 bits per heavy atom. The van der Waals surface area contributed by atoms with Gasteiger partial charge in [-0.2, -0.15) is 0 Å². The van der Waals surface area contributed by atoms with Gasteiger partial charge in [0.1, 0.15) is 6.04 Å². The van der Waals surface area contributed by atoms with Crippen molar-refractivity contribution in [1.29, 1.82) is 0 Å². The number of thioether (sulfide) groups is 1. The number of carbonyl (C=O) groups is 1. The van der Waals surface area contributed by atoms with Crippen LogP contribution in [0.3, 0.4) is 0 Å². The summed E-state index contributed by atoms with van der Waals surface area (Å²) in [4.78, 5) is 10.6. The molecule has 0 spiro atoms. The Balaban J connectivity index is 1.84. The summed E-state index contributed by atoms with van der Waals surface area (Å²) in [6.45, 7) is 0. The molecule has 0 amide bonds. The van der Waals surface area contributed by atoms with Crippen LogP contribution < -0.4 is 5.32 Å². The van der Waals surface area contributed by atoms with Crippen molar-refractivity contribution < 1.29 is 9.90 Å². The standard InChI is InChI=1S/C8H13NO2S/c10-8(11)6-4-12-7(9-6)5-2-1-3-5/h5-7,9H,1-4H2,(H,10,11)/t6-,7?/m0/s1. The molecule has 2 rings (SSSR count). The minimum atomic E-state index is -0.704. The Bertz CT molecular complexity index is 193. The number of aliphatic carboxylic acids is 1. The number of hydrogen-bond donors (Lipinski definition) is 2. The largest absolute Gasteiger partial charge is 0.480 e. The van der Waals surface area contributed by atoms with Crippen molar-refractivity contribution in [1.82, 2.24) is 5.32 Å². The summed E-state index contributed by atoms with van der Waals surface area (Å²) in [7, 11) is 0. The van der Waals surface area contributed by atoms with Gasteiger partial charge in [0.2, 0.25) is 0 Å². The van der Waals surface area contributed by atoms with Crippen LogP contribution in [-0.2, 0) is 4.79 Å². The van der Waals surface area contributed by atoms with Gasteiger partial charge in [-0.15, -0.1) is 11.8 Å². The highest BCUT2D eigenvalue weighted by atomic mass is 32.2. The van der Waals surface area contributed by atoms with Crippen LogP contribution in [-0.4, -0.2) is 28.2 Å². The number of carboxylic acids is 1. The van der Waals surface area contributed by atoms with E-state index in [1.54, 1.807) is 11.8 Å². The molecule has 4 heteroatoms. The van der Waals surface area contributed by atoms with Crippen LogP contribution in [0.15, 0.2) is 0 Å². The number of rotatable bonds is 2. The molecule has 1 unspecified atom stereocenters. The summed E-state index contributed by atoms with van der Waals surface area (Å²) in [6, 6.07) is -0.305. The molecule has 1 aliphatic carbocycles. The van der Waals surface area contributed by atoms with Crippen LogP contribution in [0.25, 0.3) is 0 Å². The second kappa shape index (κ2) is 3.26. The maximum Gasteiger partial charge on any atom is 0.321 e. The van der Waals surface area contributed by atoms with E-state index in [1.165, 1.54) is 19.3 Å². The van der Waals surface area contributed by atoms with Crippen LogP contribution in [0.2, 0.25) is 0 Å². The lowest BCUT2D eigenvalue weighted by Crippen LogP contribution is -2.41. The van der Waals surface area contributed by atoms with Gasteiger partial charge in [-0.3, -0.25) is 10.1 Å². The maximum atomic E-state index is 10.6. The molecule has 0 aromatic carbocycles. The molecule has 1 saturated heterocycles. The topological polar surface area (TPSA) is 49.3 Å². The first-order valence-electron chi connectivity index (χ1n) is 4.38. The molecule has 0 bridgehead atoms. The fraction of sp³-hybridized carbons (Fsp3) is 0.875. The highest BCUT2D eigenvalue weighted by molar-refractivity contribution is 8.00. The lowest BCUT2D eigenvalue weighted by Gasteiger charge is -2.30. The highest BCUT2D eigenvalue weighted by Gasteiger charge is 2.36. The first-order valence-corrected chi connectivity index (χ1v) is 5.42. The predicted molar refractivity (Wildman–Crippen MR) is 48.1 cm³/mol. The quantitative estimate of drug-likeness (QED) is 0.674. The van der Waals surface area contributed by atoms with Crippen LogP contribution in [0.4, 0.5) is 0 Å². The number of carboxylic acid groups (broad SMARTS) is 1. The smallest absolute Gasteiger partial charge is 0.321 e. The molecule has 1 saturated carbocycles. The molecule has 0 aromatic heterocycles. The van der Waals surface area contributed by atoms with E-state index in [-0.39, 0.29) is 6.04 Å². The average Bonchev–Trinajstić information content (AvgIpc) is 2.32. The molecule has 2 aliphatic rings. The molecule has 0 radical (unpaired) electrons. The summed E-state index contributed by atoms with van der Waals surface area (Å²) in [5.41, 5.74) is 0. The Kier molecular flexibility index (Phi) is 2.28. The number of hydrogen-bond acceptors (Lipinski definition) is 3. The average molecular weight is 187 g/mol. The van der Waals surface area contributed by atoms with Crippen LogP contribution in [0.5, 0.6) is 0 Å². The van der Waals surface area contributed by atoms with Crippen molar-refractivity contribution in [2.75, 3.05) is 5.75 Å². The zero-order valence-electron chi connectivity index (χ0n) is 6.82. The predicted octanol–water partition coefficient (Wildman–Crippen LogP) is 0.902. The molecule has 2 atom stereocenters. The van der Waals surface area contributed by atoms with E-state index in [9.17, 15) is 4.79 Å². The molecule has 1 heterocycles. The van der Waals surface area contributed by atoms with Gasteiger partial charge in [0.05, 0.1) is 5.37 Å². The lowest BCUT2D eigenvalue weighted by molar-refractivity contribution is -0.138. The molecule has 12 heavy (non-hydrogen) atoms. The first kappa shape index (κ1) is 8.38. The first-order chi connectivity index (χ1) is 5.77. The third-order valence-electron chi connectivity index (χ3n) is 2.68. The van der Waals surface area contributed by atoms with E-state index in [4.69, 9.17) is 5.11 Å². The van der Waals surface area contributed by atoms with Crippen molar-refractivity contribution in [2.24, 2.45) is 5.92 Å². The third-order valence-corrected chi connectivity index (χ3v) is 4.09. The lowest BCUT2D eigenvalue weighted by atomic mass is 9.85. The van der Waals surface area contributed by atoms with Gasteiger partial charge >= 0.3 is 5.97 Å². The minimum absolute atomic E-state index is 0.305. The fourth-order valence-corrected chi connectivity index (χ4v) is 3.10. The van der Waals surface area contributed by atoms with Crippen molar-refractivity contribution >= 4 is 17.7 Å². The van der Waals surface area contributed by atoms with E-state index < -0.39 is 5.97 Å². The van der Waals surface area contributed by atoms with E-state index in [0.29, 0.717) is 5.37 Å². The number of nitrogens with one attached hydrogen (secondary N) is 1. The van der Waals surface area contributed by atoms with Crippen LogP contribution in [0.1, 0.15) is 19.3 Å². The van der Waals surface area contributed by atoms with Crippen LogP contribution >= 0.6 is 11.8 Å². The zero-order chi connectivity index (χ0) is 8.55. The van der Waals surface area contributed by atoms with Gasteiger partial charge in [-0.05, 0) is 18.8 Å². The SMILES string of the molecule is O=C(O)[C@@H]1CSC(C2CCC2)N1. The third kappa shape index (κ3) is 1.45. The highest BCUT2D eigenvalue weighted by Crippen LogP contribution is 2.37. The second-order valence-corrected chi connectivity index (χ2v) is 4.68. The van der Waals surface area contributed by atoms with Gasteiger partial charge in [-0.25, -0.2) is 0 Å². The van der Waals surface area contributed by atoms with Crippen molar-refractivity contribution in [2.45, 2.75) is 30.7 Å². The summed E-state index contributed by atoms with van der Waals surface area (Å²) >= 11 is 1.77. The molecule has 68 valence electrons. The van der Waals surface area contributed by atoms with E-state index in [0.717, 1.165) is 11.7 Å². The second-order valence-electron chi connectivity index (χ2n) is 3.50. The van der Waals surface area contributed by atoms with Crippen molar-refractivity contribution in [3.05, 3.63) is 0 Å². The normalized spacial score (nSPS) is 36.3. The Morgan fingerprint density at radius 3 is 2.67 bits per heavy atom. The summed E-state index contributed by atoms with van der Waals surface area (Å²) in [5, 5.41) is 12.3. The minimum Gasteiger partial charge on any atom is -0.480 e. The van der Waals surface area contributed by atoms with E-state index in [1.807, 2.05) is 0 Å². The Hall–Kier alpha value is -0.220. The Morgan fingerprint density at radius 1 is 1.50 bits per heavy atom. The molecule has 2 fully saturated rings. The molecule has 2 N–H and O–H groups in total. The van der Waals surface area contributed by atoms with Gasteiger partial charge in [0, 0.05) is 5.75 Å². The maximum absolute atomic E-state index is 10.6. The van der Waals surface area contributed by atoms with Crippen molar-refractivity contribution in [3.8, 4) is 0 Å². The molecular weight excluding hydrogens is 174 g/mol. The molecule has 3 nitrogen and oxygen atoms in total.